The van der Waals surface area contributed by atoms with Crippen LogP contribution in [0.4, 0.5) is 10.5 Å². The molecule has 26 heavy (non-hydrogen) atoms. The van der Waals surface area contributed by atoms with Crippen molar-refractivity contribution in [1.82, 2.24) is 4.90 Å². The fraction of sp³-hybridized carbons (Fsp3) is 0.556. The first-order valence-corrected chi connectivity index (χ1v) is 10.6. The van der Waals surface area contributed by atoms with Crippen molar-refractivity contribution in [1.29, 1.82) is 0 Å². The van der Waals surface area contributed by atoms with E-state index in [0.29, 0.717) is 49.4 Å². The van der Waals surface area contributed by atoms with Crippen molar-refractivity contribution in [3.05, 3.63) is 24.3 Å². The van der Waals surface area contributed by atoms with Gasteiger partial charge in [0.25, 0.3) is 0 Å². The zero-order valence-electron chi connectivity index (χ0n) is 14.6. The van der Waals surface area contributed by atoms with Gasteiger partial charge >= 0.3 is 12.0 Å². The molecule has 1 aromatic carbocycles. The first-order chi connectivity index (χ1) is 12.4. The number of anilines is 1. The summed E-state index contributed by atoms with van der Waals surface area (Å²) in [6.07, 6.45) is 4.23. The van der Waals surface area contributed by atoms with Crippen LogP contribution in [0.15, 0.2) is 29.2 Å². The molecule has 0 spiro atoms. The van der Waals surface area contributed by atoms with Crippen molar-refractivity contribution in [3.63, 3.8) is 0 Å². The van der Waals surface area contributed by atoms with Crippen LogP contribution in [0, 0.1) is 5.92 Å². The molecule has 2 amide bonds. The number of urea groups is 1. The van der Waals surface area contributed by atoms with Crippen LogP contribution in [0.25, 0.3) is 0 Å². The summed E-state index contributed by atoms with van der Waals surface area (Å²) in [6, 6.07) is 5.99. The number of hydrogen-bond donors (Lipinski definition) is 2. The molecule has 1 heterocycles. The smallest absolute Gasteiger partial charge is 0.321 e. The summed E-state index contributed by atoms with van der Waals surface area (Å²) >= 11 is 0. The van der Waals surface area contributed by atoms with Gasteiger partial charge in [0.1, 0.15) is 0 Å². The molecule has 2 aliphatic rings. The van der Waals surface area contributed by atoms with Crippen molar-refractivity contribution in [2.75, 3.05) is 18.4 Å². The van der Waals surface area contributed by atoms with E-state index in [1.807, 2.05) is 0 Å². The molecular formula is C18H24N2O5S. The number of aliphatic carboxylic acids is 1. The summed E-state index contributed by atoms with van der Waals surface area (Å²) in [5.41, 5.74) is 0.528. The number of carboxylic acids is 1. The van der Waals surface area contributed by atoms with E-state index in [4.69, 9.17) is 5.11 Å². The van der Waals surface area contributed by atoms with Crippen molar-refractivity contribution < 1.29 is 23.1 Å². The highest BCUT2D eigenvalue weighted by molar-refractivity contribution is 7.92. The topological polar surface area (TPSA) is 104 Å². The van der Waals surface area contributed by atoms with Crippen LogP contribution in [0.5, 0.6) is 0 Å². The lowest BCUT2D eigenvalue weighted by atomic mass is 9.97. The van der Waals surface area contributed by atoms with Gasteiger partial charge in [-0.3, -0.25) is 4.79 Å². The van der Waals surface area contributed by atoms with Gasteiger partial charge in [-0.1, -0.05) is 12.8 Å². The van der Waals surface area contributed by atoms with Crippen molar-refractivity contribution in [2.45, 2.75) is 48.7 Å². The van der Waals surface area contributed by atoms with Crippen molar-refractivity contribution in [2.24, 2.45) is 5.92 Å². The number of piperidine rings is 1. The SMILES string of the molecule is O=C(O)C1CCN(C(=O)Nc2ccc(S(=O)(=O)C3CCCC3)cc2)CC1. The lowest BCUT2D eigenvalue weighted by molar-refractivity contribution is -0.143. The van der Waals surface area contributed by atoms with Crippen molar-refractivity contribution >= 4 is 27.5 Å². The Hall–Kier alpha value is -2.09. The summed E-state index contributed by atoms with van der Waals surface area (Å²) in [5, 5.41) is 11.5. The number of rotatable bonds is 4. The molecule has 0 bridgehead atoms. The number of amides is 2. The number of nitrogens with one attached hydrogen (secondary N) is 1. The molecule has 2 fully saturated rings. The lowest BCUT2D eigenvalue weighted by Gasteiger charge is -2.30. The molecule has 0 radical (unpaired) electrons. The molecule has 3 rings (SSSR count). The number of carbonyl (C=O) groups is 2. The molecule has 1 aliphatic carbocycles. The standard InChI is InChI=1S/C18H24N2O5S/c21-17(22)13-9-11-20(12-10-13)18(23)19-14-5-7-16(8-6-14)26(24,25)15-3-1-2-4-15/h5-8,13,15H,1-4,9-12H2,(H,19,23)(H,21,22). The predicted molar refractivity (Wildman–Crippen MR) is 96.8 cm³/mol. The van der Waals surface area contributed by atoms with Gasteiger partial charge in [-0.15, -0.1) is 0 Å². The summed E-state index contributed by atoms with van der Waals surface area (Å²) in [5.74, 6) is -1.21. The molecule has 1 aromatic rings. The van der Waals surface area contributed by atoms with E-state index in [-0.39, 0.29) is 17.2 Å². The van der Waals surface area contributed by atoms with Gasteiger partial charge in [-0.2, -0.15) is 0 Å². The minimum absolute atomic E-state index is 0.291. The third kappa shape index (κ3) is 4.00. The number of carbonyl (C=O) groups excluding carboxylic acids is 1. The highest BCUT2D eigenvalue weighted by Crippen LogP contribution is 2.30. The van der Waals surface area contributed by atoms with Crippen LogP contribution < -0.4 is 5.32 Å². The predicted octanol–water partition coefficient (Wildman–Crippen LogP) is 2.73. The van der Waals surface area contributed by atoms with Crippen LogP contribution in [-0.4, -0.2) is 48.8 Å². The van der Waals surface area contributed by atoms with E-state index in [2.05, 4.69) is 5.32 Å². The largest absolute Gasteiger partial charge is 0.481 e. The van der Waals surface area contributed by atoms with E-state index >= 15 is 0 Å². The monoisotopic (exact) mass is 380 g/mol. The van der Waals surface area contributed by atoms with E-state index in [1.54, 1.807) is 29.2 Å². The Bertz CT molecular complexity index is 761. The number of carboxylic acid groups (broad SMARTS) is 1. The molecule has 0 aromatic heterocycles. The summed E-state index contributed by atoms with van der Waals surface area (Å²) in [6.45, 7) is 0.799. The Balaban J connectivity index is 1.59. The molecule has 8 heteroatoms. The second kappa shape index (κ2) is 7.65. The number of sulfone groups is 1. The van der Waals surface area contributed by atoms with Gasteiger partial charge in [0.15, 0.2) is 9.84 Å². The molecule has 0 unspecified atom stereocenters. The maximum atomic E-state index is 12.6. The third-order valence-electron chi connectivity index (χ3n) is 5.31. The van der Waals surface area contributed by atoms with Gasteiger partial charge in [0.05, 0.1) is 16.1 Å². The first-order valence-electron chi connectivity index (χ1n) is 9.00. The van der Waals surface area contributed by atoms with Gasteiger partial charge in [0, 0.05) is 18.8 Å². The fourth-order valence-corrected chi connectivity index (χ4v) is 5.51. The van der Waals surface area contributed by atoms with E-state index < -0.39 is 15.8 Å². The highest BCUT2D eigenvalue weighted by atomic mass is 32.2. The van der Waals surface area contributed by atoms with Gasteiger partial charge in [-0.05, 0) is 49.9 Å². The lowest BCUT2D eigenvalue weighted by Crippen LogP contribution is -2.42. The zero-order valence-corrected chi connectivity index (χ0v) is 15.4. The van der Waals surface area contributed by atoms with Crippen LogP contribution in [-0.2, 0) is 14.6 Å². The minimum atomic E-state index is -3.30. The second-order valence-electron chi connectivity index (χ2n) is 7.01. The third-order valence-corrected chi connectivity index (χ3v) is 7.58. The number of benzene rings is 1. The van der Waals surface area contributed by atoms with Crippen LogP contribution in [0.3, 0.4) is 0 Å². The molecule has 1 aliphatic heterocycles. The molecule has 7 nitrogen and oxygen atoms in total. The fourth-order valence-electron chi connectivity index (χ4n) is 3.65. The Morgan fingerprint density at radius 2 is 1.58 bits per heavy atom. The molecule has 1 saturated carbocycles. The molecule has 142 valence electrons. The van der Waals surface area contributed by atoms with Crippen LogP contribution in [0.2, 0.25) is 0 Å². The molecule has 2 N–H and O–H groups in total. The maximum absolute atomic E-state index is 12.6. The summed E-state index contributed by atoms with van der Waals surface area (Å²) in [4.78, 5) is 25.1. The summed E-state index contributed by atoms with van der Waals surface area (Å²) in [7, 11) is -3.30. The number of hydrogen-bond acceptors (Lipinski definition) is 4. The average molecular weight is 380 g/mol. The Morgan fingerprint density at radius 3 is 2.12 bits per heavy atom. The Kier molecular flexibility index (Phi) is 5.50. The van der Waals surface area contributed by atoms with Crippen molar-refractivity contribution in [3.8, 4) is 0 Å². The van der Waals surface area contributed by atoms with Gasteiger partial charge < -0.3 is 15.3 Å². The number of likely N-dealkylation sites (tertiary alicyclic amines) is 1. The normalized spacial score (nSPS) is 19.5. The second-order valence-corrected chi connectivity index (χ2v) is 9.23. The molecule has 0 atom stereocenters. The van der Waals surface area contributed by atoms with E-state index in [1.165, 1.54) is 0 Å². The average Bonchev–Trinajstić information content (AvgIpc) is 3.18. The van der Waals surface area contributed by atoms with E-state index in [0.717, 1.165) is 12.8 Å². The van der Waals surface area contributed by atoms with Crippen LogP contribution in [0.1, 0.15) is 38.5 Å². The number of nitrogens with zero attached hydrogens (tertiary/aromatic N) is 1. The quantitative estimate of drug-likeness (QED) is 0.836. The Labute approximate surface area is 153 Å². The van der Waals surface area contributed by atoms with Gasteiger partial charge in [-0.25, -0.2) is 13.2 Å². The first kappa shape index (κ1) is 18.7. The zero-order chi connectivity index (χ0) is 18.7. The maximum Gasteiger partial charge on any atom is 0.321 e. The molecular weight excluding hydrogens is 356 g/mol. The highest BCUT2D eigenvalue weighted by Gasteiger charge is 2.30. The Morgan fingerprint density at radius 1 is 1.00 bits per heavy atom. The van der Waals surface area contributed by atoms with Gasteiger partial charge in [0.2, 0.25) is 0 Å². The van der Waals surface area contributed by atoms with E-state index in [9.17, 15) is 18.0 Å². The van der Waals surface area contributed by atoms with Crippen LogP contribution >= 0.6 is 0 Å². The molecule has 1 saturated heterocycles. The minimum Gasteiger partial charge on any atom is -0.481 e. The summed E-state index contributed by atoms with van der Waals surface area (Å²) < 4.78 is 25.1.